The number of anilines is 1. The molecule has 0 bridgehead atoms. The van der Waals surface area contributed by atoms with Crippen molar-refractivity contribution in [2.45, 2.75) is 6.43 Å². The van der Waals surface area contributed by atoms with Gasteiger partial charge >= 0.3 is 0 Å². The first kappa shape index (κ1) is 9.19. The molecule has 0 aliphatic heterocycles. The zero-order chi connectivity index (χ0) is 10.0. The van der Waals surface area contributed by atoms with E-state index in [1.807, 2.05) is 4.98 Å². The van der Waals surface area contributed by atoms with E-state index in [4.69, 9.17) is 11.0 Å². The molecule has 4 nitrogen and oxygen atoms in total. The van der Waals surface area contributed by atoms with Crippen LogP contribution in [0.4, 0.5) is 14.5 Å². The summed E-state index contributed by atoms with van der Waals surface area (Å²) in [5, 5.41) is 8.42. The van der Waals surface area contributed by atoms with Crippen LogP contribution in [0.1, 0.15) is 17.7 Å². The third-order valence-electron chi connectivity index (χ3n) is 1.44. The molecule has 0 aliphatic rings. The first-order valence-electron chi connectivity index (χ1n) is 3.27. The Morgan fingerprint density at radius 1 is 1.62 bits per heavy atom. The molecule has 0 fully saturated rings. The maximum Gasteiger partial charge on any atom is 0.279 e. The van der Waals surface area contributed by atoms with Gasteiger partial charge in [0.15, 0.2) is 0 Å². The van der Waals surface area contributed by atoms with Crippen molar-refractivity contribution in [1.82, 2.24) is 4.98 Å². The minimum atomic E-state index is -2.89. The number of rotatable bonds is 1. The first-order chi connectivity index (χ1) is 6.06. The Morgan fingerprint density at radius 3 is 2.69 bits per heavy atom. The molecular weight excluding hydrogens is 180 g/mol. The lowest BCUT2D eigenvalue weighted by Crippen LogP contribution is -2.15. The van der Waals surface area contributed by atoms with Gasteiger partial charge in [-0.3, -0.25) is 4.79 Å². The number of nitrogen functional groups attached to an aromatic ring is 1. The second-order valence-corrected chi connectivity index (χ2v) is 2.29. The number of halogens is 2. The quantitative estimate of drug-likeness (QED) is 0.677. The van der Waals surface area contributed by atoms with Crippen LogP contribution in [0, 0.1) is 11.3 Å². The van der Waals surface area contributed by atoms with E-state index in [2.05, 4.69) is 0 Å². The number of nitrogens with zero attached hydrogens (tertiary/aromatic N) is 1. The topological polar surface area (TPSA) is 82.7 Å². The van der Waals surface area contributed by atoms with Crippen molar-refractivity contribution in [2.24, 2.45) is 0 Å². The highest BCUT2D eigenvalue weighted by atomic mass is 19.3. The third kappa shape index (κ3) is 1.64. The average molecular weight is 185 g/mol. The van der Waals surface area contributed by atoms with Crippen molar-refractivity contribution in [2.75, 3.05) is 5.73 Å². The maximum atomic E-state index is 12.2. The van der Waals surface area contributed by atoms with E-state index in [0.29, 0.717) is 0 Å². The number of nitrogens with two attached hydrogens (primary N) is 1. The second kappa shape index (κ2) is 3.23. The van der Waals surface area contributed by atoms with E-state index < -0.39 is 17.7 Å². The number of aromatic nitrogens is 1. The minimum absolute atomic E-state index is 0.249. The van der Waals surface area contributed by atoms with E-state index in [0.717, 1.165) is 6.07 Å². The summed E-state index contributed by atoms with van der Waals surface area (Å²) in [6.07, 6.45) is -2.89. The Balaban J connectivity index is 3.44. The van der Waals surface area contributed by atoms with E-state index in [9.17, 15) is 13.6 Å². The molecule has 1 rings (SSSR count). The molecule has 0 aromatic carbocycles. The van der Waals surface area contributed by atoms with Crippen molar-refractivity contribution in [1.29, 1.82) is 5.26 Å². The first-order valence-corrected chi connectivity index (χ1v) is 3.27. The van der Waals surface area contributed by atoms with Gasteiger partial charge in [-0.1, -0.05) is 0 Å². The molecule has 0 amide bonds. The molecule has 1 aromatic rings. The number of aromatic amines is 1. The summed E-state index contributed by atoms with van der Waals surface area (Å²) >= 11 is 0. The highest BCUT2D eigenvalue weighted by molar-refractivity contribution is 5.45. The van der Waals surface area contributed by atoms with Gasteiger partial charge in [-0.15, -0.1) is 0 Å². The van der Waals surface area contributed by atoms with Gasteiger partial charge in [0.1, 0.15) is 11.8 Å². The maximum absolute atomic E-state index is 12.2. The average Bonchev–Trinajstić information content (AvgIpc) is 2.08. The highest BCUT2D eigenvalue weighted by Crippen LogP contribution is 2.19. The largest absolute Gasteiger partial charge is 0.394 e. The lowest BCUT2D eigenvalue weighted by molar-refractivity contribution is 0.145. The van der Waals surface area contributed by atoms with Crippen molar-refractivity contribution in [3.05, 3.63) is 27.7 Å². The SMILES string of the molecule is N#Cc1cc(N)c(=O)[nH]c1C(F)F. The third-order valence-corrected chi connectivity index (χ3v) is 1.44. The standard InChI is InChI=1S/C7H5F2N3O/c8-6(9)5-3(2-10)1-4(11)7(13)12-5/h1,6H,11H2,(H,12,13). The zero-order valence-corrected chi connectivity index (χ0v) is 6.34. The van der Waals surface area contributed by atoms with Gasteiger partial charge in [0.05, 0.1) is 11.3 Å². The molecule has 13 heavy (non-hydrogen) atoms. The van der Waals surface area contributed by atoms with Gasteiger partial charge in [0.2, 0.25) is 0 Å². The number of hydrogen-bond donors (Lipinski definition) is 2. The van der Waals surface area contributed by atoms with Crippen LogP contribution in [-0.4, -0.2) is 4.98 Å². The number of alkyl halides is 2. The van der Waals surface area contributed by atoms with Crippen molar-refractivity contribution < 1.29 is 8.78 Å². The monoisotopic (exact) mass is 185 g/mol. The highest BCUT2D eigenvalue weighted by Gasteiger charge is 2.15. The van der Waals surface area contributed by atoms with Gasteiger partial charge in [0, 0.05) is 0 Å². The summed E-state index contributed by atoms with van der Waals surface area (Å²) in [6.45, 7) is 0. The van der Waals surface area contributed by atoms with Crippen LogP contribution < -0.4 is 11.3 Å². The molecule has 1 heterocycles. The van der Waals surface area contributed by atoms with Gasteiger partial charge in [-0.05, 0) is 6.07 Å². The Bertz CT molecular complexity index is 419. The molecule has 1 aromatic heterocycles. The fraction of sp³-hybridized carbons (Fsp3) is 0.143. The van der Waals surface area contributed by atoms with Gasteiger partial charge in [-0.25, -0.2) is 8.78 Å². The molecule has 0 unspecified atom stereocenters. The van der Waals surface area contributed by atoms with Crippen LogP contribution in [-0.2, 0) is 0 Å². The van der Waals surface area contributed by atoms with Gasteiger partial charge < -0.3 is 10.7 Å². The Hall–Kier alpha value is -1.90. The second-order valence-electron chi connectivity index (χ2n) is 2.29. The molecule has 68 valence electrons. The fourth-order valence-electron chi connectivity index (χ4n) is 0.825. The smallest absolute Gasteiger partial charge is 0.279 e. The summed E-state index contributed by atoms with van der Waals surface area (Å²) in [5.41, 5.74) is 3.06. The Morgan fingerprint density at radius 2 is 2.23 bits per heavy atom. The lowest BCUT2D eigenvalue weighted by Gasteiger charge is -2.02. The van der Waals surface area contributed by atoms with Gasteiger partial charge in [0.25, 0.3) is 12.0 Å². The Labute approximate surface area is 71.6 Å². The summed E-state index contributed by atoms with van der Waals surface area (Å²) in [5.74, 6) is 0. The zero-order valence-electron chi connectivity index (χ0n) is 6.34. The number of nitrogens with one attached hydrogen (secondary N) is 1. The van der Waals surface area contributed by atoms with E-state index in [1.54, 1.807) is 0 Å². The molecule has 0 radical (unpaired) electrons. The van der Waals surface area contributed by atoms with Crippen LogP contribution >= 0.6 is 0 Å². The number of pyridine rings is 1. The fourth-order valence-corrected chi connectivity index (χ4v) is 0.825. The van der Waals surface area contributed by atoms with E-state index in [-0.39, 0.29) is 11.3 Å². The van der Waals surface area contributed by atoms with Crippen LogP contribution in [0.25, 0.3) is 0 Å². The minimum Gasteiger partial charge on any atom is -0.394 e. The molecule has 0 atom stereocenters. The van der Waals surface area contributed by atoms with Crippen molar-refractivity contribution in [3.63, 3.8) is 0 Å². The van der Waals surface area contributed by atoms with Crippen LogP contribution in [0.2, 0.25) is 0 Å². The molecule has 0 aliphatic carbocycles. The van der Waals surface area contributed by atoms with E-state index in [1.165, 1.54) is 6.07 Å². The van der Waals surface area contributed by atoms with Crippen molar-refractivity contribution in [3.8, 4) is 6.07 Å². The predicted molar refractivity (Wildman–Crippen MR) is 41.1 cm³/mol. The van der Waals surface area contributed by atoms with Crippen LogP contribution in [0.5, 0.6) is 0 Å². The normalized spacial score (nSPS) is 10.0. The van der Waals surface area contributed by atoms with Crippen LogP contribution in [0.15, 0.2) is 10.9 Å². The predicted octanol–water partition coefficient (Wildman–Crippen LogP) is 0.766. The van der Waals surface area contributed by atoms with Crippen LogP contribution in [0.3, 0.4) is 0 Å². The molecule has 0 spiro atoms. The molecule has 6 heteroatoms. The molecular formula is C7H5F2N3O. The summed E-state index contributed by atoms with van der Waals surface area (Å²) in [6, 6.07) is 2.45. The number of nitriles is 1. The summed E-state index contributed by atoms with van der Waals surface area (Å²) < 4.78 is 24.3. The summed E-state index contributed by atoms with van der Waals surface area (Å²) in [4.78, 5) is 12.6. The molecule has 0 saturated heterocycles. The lowest BCUT2D eigenvalue weighted by atomic mass is 10.2. The Kier molecular flexibility index (Phi) is 2.28. The van der Waals surface area contributed by atoms with E-state index >= 15 is 0 Å². The van der Waals surface area contributed by atoms with Gasteiger partial charge in [-0.2, -0.15) is 5.26 Å². The molecule has 0 saturated carbocycles. The number of hydrogen-bond acceptors (Lipinski definition) is 3. The van der Waals surface area contributed by atoms with Crippen molar-refractivity contribution >= 4 is 5.69 Å². The number of H-pyrrole nitrogens is 1. The summed E-state index contributed by atoms with van der Waals surface area (Å²) in [7, 11) is 0. The molecule has 3 N–H and O–H groups in total.